The smallest absolute Gasteiger partial charge is 0.308 e. The zero-order chi connectivity index (χ0) is 12.5. The van der Waals surface area contributed by atoms with Gasteiger partial charge in [0.1, 0.15) is 5.75 Å². The van der Waals surface area contributed by atoms with E-state index in [1.165, 1.54) is 13.0 Å². The summed E-state index contributed by atoms with van der Waals surface area (Å²) in [5.74, 6) is -0.591. The van der Waals surface area contributed by atoms with Crippen LogP contribution in [0, 0.1) is 6.92 Å². The van der Waals surface area contributed by atoms with Crippen LogP contribution in [-0.4, -0.2) is 16.2 Å². The van der Waals surface area contributed by atoms with Gasteiger partial charge in [-0.2, -0.15) is 0 Å². The second-order valence-corrected chi connectivity index (χ2v) is 4.05. The molecule has 0 radical (unpaired) electrons. The molecule has 0 spiro atoms. The number of aromatic hydroxyl groups is 2. The van der Waals surface area contributed by atoms with Crippen molar-refractivity contribution in [2.24, 2.45) is 0 Å². The van der Waals surface area contributed by atoms with E-state index in [-0.39, 0.29) is 23.2 Å². The van der Waals surface area contributed by atoms with Crippen LogP contribution in [0.25, 0.3) is 0 Å². The molecule has 0 fully saturated rings. The molecule has 0 aromatic heterocycles. The minimum atomic E-state index is -0.501. The summed E-state index contributed by atoms with van der Waals surface area (Å²) < 4.78 is 4.92. The molecule has 16 heavy (non-hydrogen) atoms. The monoisotopic (exact) mass is 224 g/mol. The number of ether oxygens (including phenoxy) is 1. The lowest BCUT2D eigenvalue weighted by molar-refractivity contribution is -0.132. The Kier molecular flexibility index (Phi) is 3.42. The first-order valence-electron chi connectivity index (χ1n) is 5.08. The maximum absolute atomic E-state index is 10.9. The van der Waals surface area contributed by atoms with Crippen molar-refractivity contribution < 1.29 is 19.7 Å². The predicted octanol–water partition coefficient (Wildman–Crippen LogP) is 2.45. The molecule has 1 rings (SSSR count). The summed E-state index contributed by atoms with van der Waals surface area (Å²) >= 11 is 0. The Morgan fingerprint density at radius 2 is 1.94 bits per heavy atom. The van der Waals surface area contributed by atoms with Gasteiger partial charge in [0, 0.05) is 12.5 Å². The van der Waals surface area contributed by atoms with Crippen LogP contribution < -0.4 is 4.74 Å². The largest absolute Gasteiger partial charge is 0.508 e. The molecule has 0 unspecified atom stereocenters. The van der Waals surface area contributed by atoms with Crippen LogP contribution in [-0.2, 0) is 4.79 Å². The summed E-state index contributed by atoms with van der Waals surface area (Å²) in [7, 11) is 0. The van der Waals surface area contributed by atoms with Gasteiger partial charge in [0.05, 0.1) is 0 Å². The molecule has 0 bridgehead atoms. The Labute approximate surface area is 94.5 Å². The number of carbonyl (C=O) groups is 1. The molecule has 0 saturated heterocycles. The zero-order valence-electron chi connectivity index (χ0n) is 9.87. The van der Waals surface area contributed by atoms with Gasteiger partial charge in [0.15, 0.2) is 11.5 Å². The number of carbonyl (C=O) groups excluding carboxylic acids is 1. The zero-order valence-corrected chi connectivity index (χ0v) is 9.87. The highest BCUT2D eigenvalue weighted by atomic mass is 16.5. The van der Waals surface area contributed by atoms with Crippen LogP contribution >= 0.6 is 0 Å². The van der Waals surface area contributed by atoms with Crippen molar-refractivity contribution in [3.63, 3.8) is 0 Å². The number of esters is 1. The molecular formula is C12H16O4. The third-order valence-electron chi connectivity index (χ3n) is 2.28. The van der Waals surface area contributed by atoms with Gasteiger partial charge in [0.25, 0.3) is 0 Å². The van der Waals surface area contributed by atoms with E-state index in [4.69, 9.17) is 4.74 Å². The predicted molar refractivity (Wildman–Crippen MR) is 59.9 cm³/mol. The van der Waals surface area contributed by atoms with Crippen LogP contribution in [0.4, 0.5) is 0 Å². The van der Waals surface area contributed by atoms with Gasteiger partial charge in [0.2, 0.25) is 0 Å². The first-order chi connectivity index (χ1) is 7.34. The fourth-order valence-electron chi connectivity index (χ4n) is 1.62. The highest BCUT2D eigenvalue weighted by molar-refractivity contribution is 5.72. The minimum Gasteiger partial charge on any atom is -0.508 e. The van der Waals surface area contributed by atoms with Crippen LogP contribution in [0.15, 0.2) is 6.07 Å². The number of phenols is 2. The van der Waals surface area contributed by atoms with E-state index in [1.54, 1.807) is 6.92 Å². The molecule has 0 aliphatic heterocycles. The first-order valence-corrected chi connectivity index (χ1v) is 5.08. The van der Waals surface area contributed by atoms with Gasteiger partial charge in [-0.15, -0.1) is 0 Å². The number of hydrogen-bond acceptors (Lipinski definition) is 4. The van der Waals surface area contributed by atoms with Gasteiger partial charge in [-0.3, -0.25) is 4.79 Å². The van der Waals surface area contributed by atoms with E-state index in [0.717, 1.165) is 0 Å². The molecule has 1 aromatic carbocycles. The number of benzene rings is 1. The highest BCUT2D eigenvalue weighted by Crippen LogP contribution is 2.42. The van der Waals surface area contributed by atoms with Crippen LogP contribution in [0.5, 0.6) is 17.2 Å². The Balaban J connectivity index is 3.38. The Morgan fingerprint density at radius 3 is 2.38 bits per heavy atom. The lowest BCUT2D eigenvalue weighted by Gasteiger charge is -2.15. The van der Waals surface area contributed by atoms with E-state index in [1.807, 2.05) is 13.8 Å². The van der Waals surface area contributed by atoms with E-state index in [9.17, 15) is 15.0 Å². The summed E-state index contributed by atoms with van der Waals surface area (Å²) in [4.78, 5) is 10.9. The van der Waals surface area contributed by atoms with Crippen molar-refractivity contribution in [3.8, 4) is 17.2 Å². The number of phenolic OH excluding ortho intramolecular Hbond substituents is 2. The standard InChI is InChI=1S/C12H16O4/c1-6(2)10-9(14)5-7(3)12(11(10)15)16-8(4)13/h5-6,14-15H,1-4H3. The molecule has 1 aromatic rings. The van der Waals surface area contributed by atoms with Crippen molar-refractivity contribution >= 4 is 5.97 Å². The number of hydrogen-bond donors (Lipinski definition) is 2. The topological polar surface area (TPSA) is 66.8 Å². The van der Waals surface area contributed by atoms with E-state index >= 15 is 0 Å². The molecule has 2 N–H and O–H groups in total. The number of aryl methyl sites for hydroxylation is 1. The van der Waals surface area contributed by atoms with Gasteiger partial charge in [-0.05, 0) is 24.5 Å². The second-order valence-electron chi connectivity index (χ2n) is 4.05. The fourth-order valence-corrected chi connectivity index (χ4v) is 1.62. The van der Waals surface area contributed by atoms with E-state index in [0.29, 0.717) is 11.1 Å². The summed E-state index contributed by atoms with van der Waals surface area (Å²) in [5, 5.41) is 19.6. The summed E-state index contributed by atoms with van der Waals surface area (Å²) in [6.45, 7) is 6.59. The van der Waals surface area contributed by atoms with Gasteiger partial charge >= 0.3 is 5.97 Å². The molecule has 0 aliphatic carbocycles. The highest BCUT2D eigenvalue weighted by Gasteiger charge is 2.19. The summed E-state index contributed by atoms with van der Waals surface area (Å²) in [6.07, 6.45) is 0. The molecule has 0 atom stereocenters. The van der Waals surface area contributed by atoms with Crippen molar-refractivity contribution in [2.75, 3.05) is 0 Å². The molecule has 0 amide bonds. The lowest BCUT2D eigenvalue weighted by Crippen LogP contribution is -2.04. The molecule has 0 aliphatic rings. The average Bonchev–Trinajstić information content (AvgIpc) is 2.10. The Bertz CT molecular complexity index is 422. The summed E-state index contributed by atoms with van der Waals surface area (Å²) in [5.41, 5.74) is 0.913. The van der Waals surface area contributed by atoms with Crippen LogP contribution in [0.2, 0.25) is 0 Å². The second kappa shape index (κ2) is 4.43. The maximum atomic E-state index is 10.9. The number of rotatable bonds is 2. The van der Waals surface area contributed by atoms with Crippen molar-refractivity contribution in [2.45, 2.75) is 33.6 Å². The summed E-state index contributed by atoms with van der Waals surface area (Å²) in [6, 6.07) is 1.48. The first kappa shape index (κ1) is 12.4. The third kappa shape index (κ3) is 2.27. The van der Waals surface area contributed by atoms with Crippen molar-refractivity contribution in [3.05, 3.63) is 17.2 Å². The van der Waals surface area contributed by atoms with E-state index < -0.39 is 5.97 Å². The van der Waals surface area contributed by atoms with Gasteiger partial charge in [-0.25, -0.2) is 0 Å². The molecule has 88 valence electrons. The fraction of sp³-hybridized carbons (Fsp3) is 0.417. The Hall–Kier alpha value is -1.71. The van der Waals surface area contributed by atoms with Gasteiger partial charge < -0.3 is 14.9 Å². The molecule has 0 heterocycles. The van der Waals surface area contributed by atoms with Gasteiger partial charge in [-0.1, -0.05) is 13.8 Å². The molecule has 4 nitrogen and oxygen atoms in total. The van der Waals surface area contributed by atoms with Crippen molar-refractivity contribution in [1.82, 2.24) is 0 Å². The van der Waals surface area contributed by atoms with Crippen LogP contribution in [0.1, 0.15) is 37.8 Å². The lowest BCUT2D eigenvalue weighted by atomic mass is 9.98. The Morgan fingerprint density at radius 1 is 1.38 bits per heavy atom. The van der Waals surface area contributed by atoms with E-state index in [2.05, 4.69) is 0 Å². The quantitative estimate of drug-likeness (QED) is 0.598. The normalized spacial score (nSPS) is 10.6. The minimum absolute atomic E-state index is 0.0147. The average molecular weight is 224 g/mol. The molecule has 4 heteroatoms. The maximum Gasteiger partial charge on any atom is 0.308 e. The molecule has 0 saturated carbocycles. The van der Waals surface area contributed by atoms with Crippen molar-refractivity contribution in [1.29, 1.82) is 0 Å². The molecular weight excluding hydrogens is 208 g/mol. The SMILES string of the molecule is CC(=O)Oc1c(C)cc(O)c(C(C)C)c1O. The third-order valence-corrected chi connectivity index (χ3v) is 2.28. The van der Waals surface area contributed by atoms with Crippen LogP contribution in [0.3, 0.4) is 0 Å².